The van der Waals surface area contributed by atoms with Gasteiger partial charge in [-0.05, 0) is 80.4 Å². The molecule has 0 saturated carbocycles. The van der Waals surface area contributed by atoms with Crippen molar-refractivity contribution < 1.29 is 28.1 Å². The van der Waals surface area contributed by atoms with Gasteiger partial charge in [-0.3, -0.25) is 9.78 Å². The summed E-state index contributed by atoms with van der Waals surface area (Å²) < 4.78 is 37.9. The Morgan fingerprint density at radius 3 is 2.39 bits per heavy atom. The average molecular weight is 557 g/mol. The summed E-state index contributed by atoms with van der Waals surface area (Å²) in [5, 5.41) is 8.09. The van der Waals surface area contributed by atoms with E-state index in [0.29, 0.717) is 57.8 Å². The molecule has 0 bridgehead atoms. The molecular formula is C31H29FN4O5. The maximum atomic E-state index is 13.6. The maximum absolute atomic E-state index is 13.6. The normalized spacial score (nSPS) is 10.9. The van der Waals surface area contributed by atoms with Gasteiger partial charge in [0.1, 0.15) is 17.3 Å². The van der Waals surface area contributed by atoms with Gasteiger partial charge in [0.05, 0.1) is 38.2 Å². The van der Waals surface area contributed by atoms with Crippen molar-refractivity contribution in [1.29, 1.82) is 0 Å². The first-order valence-corrected chi connectivity index (χ1v) is 12.9. The Morgan fingerprint density at radius 1 is 0.902 bits per heavy atom. The Bertz CT molecular complexity index is 1750. The van der Waals surface area contributed by atoms with E-state index in [1.807, 2.05) is 26.0 Å². The first kappa shape index (κ1) is 27.4. The predicted molar refractivity (Wildman–Crippen MR) is 153 cm³/mol. The number of pyridine rings is 1. The van der Waals surface area contributed by atoms with Gasteiger partial charge in [-0.2, -0.15) is 5.10 Å². The third-order valence-corrected chi connectivity index (χ3v) is 6.46. The molecule has 5 rings (SSSR count). The van der Waals surface area contributed by atoms with Crippen molar-refractivity contribution in [1.82, 2.24) is 14.8 Å². The molecule has 0 fully saturated rings. The number of hydrogen-bond acceptors (Lipinski definition) is 7. The molecule has 210 valence electrons. The summed E-state index contributed by atoms with van der Waals surface area (Å²) in [5.41, 5.74) is 3.48. The summed E-state index contributed by atoms with van der Waals surface area (Å²) in [7, 11) is 3.15. The van der Waals surface area contributed by atoms with Crippen LogP contribution in [0.1, 0.15) is 28.5 Å². The number of methoxy groups -OCH3 is 2. The summed E-state index contributed by atoms with van der Waals surface area (Å²) in [4.78, 5) is 17.7. The van der Waals surface area contributed by atoms with Gasteiger partial charge in [-0.25, -0.2) is 9.07 Å². The maximum Gasteiger partial charge on any atom is 0.280 e. The van der Waals surface area contributed by atoms with Crippen LogP contribution in [-0.2, 0) is 0 Å². The van der Waals surface area contributed by atoms with Crippen molar-refractivity contribution in [2.75, 3.05) is 26.1 Å². The van der Waals surface area contributed by atoms with Gasteiger partial charge < -0.3 is 24.3 Å². The minimum Gasteiger partial charge on any atom is -0.493 e. The SMILES string of the molecule is CCOc1cn(-c2ccc(F)cc2C)nc1C(=O)Nc1ccc(Oc2ccnc3cc(OC)c(OC)cc23)c(C)c1. The number of hydrogen-bond donors (Lipinski definition) is 1. The Kier molecular flexibility index (Phi) is 7.73. The molecule has 41 heavy (non-hydrogen) atoms. The van der Waals surface area contributed by atoms with Crippen LogP contribution in [0, 0.1) is 19.7 Å². The molecule has 0 aliphatic rings. The van der Waals surface area contributed by atoms with Crippen LogP contribution in [0.4, 0.5) is 10.1 Å². The molecule has 0 atom stereocenters. The lowest BCUT2D eigenvalue weighted by Crippen LogP contribution is -2.14. The second-order valence-electron chi connectivity index (χ2n) is 9.22. The predicted octanol–water partition coefficient (Wildman–Crippen LogP) is 6.64. The van der Waals surface area contributed by atoms with E-state index < -0.39 is 5.91 Å². The van der Waals surface area contributed by atoms with E-state index in [1.165, 1.54) is 16.8 Å². The fourth-order valence-corrected chi connectivity index (χ4v) is 4.46. The van der Waals surface area contributed by atoms with Gasteiger partial charge in [0, 0.05) is 23.3 Å². The van der Waals surface area contributed by atoms with Crippen LogP contribution >= 0.6 is 0 Å². The molecule has 1 N–H and O–H groups in total. The number of aryl methyl sites for hydroxylation is 2. The van der Waals surface area contributed by atoms with E-state index in [9.17, 15) is 9.18 Å². The van der Waals surface area contributed by atoms with Crippen molar-refractivity contribution in [3.05, 3.63) is 89.6 Å². The number of ether oxygens (including phenoxy) is 4. The van der Waals surface area contributed by atoms with Gasteiger partial charge in [-0.15, -0.1) is 0 Å². The number of rotatable bonds is 9. The fourth-order valence-electron chi connectivity index (χ4n) is 4.46. The highest BCUT2D eigenvalue weighted by Crippen LogP contribution is 2.38. The highest BCUT2D eigenvalue weighted by atomic mass is 19.1. The number of nitrogens with zero attached hydrogens (tertiary/aromatic N) is 3. The Balaban J connectivity index is 1.39. The topological polar surface area (TPSA) is 96.7 Å². The number of carbonyl (C=O) groups excluding carboxylic acids is 1. The molecule has 0 radical (unpaired) electrons. The first-order valence-electron chi connectivity index (χ1n) is 12.9. The minimum absolute atomic E-state index is 0.112. The van der Waals surface area contributed by atoms with Crippen LogP contribution in [0.2, 0.25) is 0 Å². The molecule has 0 unspecified atom stereocenters. The third-order valence-electron chi connectivity index (χ3n) is 6.46. The number of amides is 1. The number of carbonyl (C=O) groups is 1. The van der Waals surface area contributed by atoms with E-state index in [-0.39, 0.29) is 11.5 Å². The number of nitrogens with one attached hydrogen (secondary N) is 1. The Morgan fingerprint density at radius 2 is 1.68 bits per heavy atom. The van der Waals surface area contributed by atoms with Crippen molar-refractivity contribution in [3.8, 4) is 34.4 Å². The summed E-state index contributed by atoms with van der Waals surface area (Å²) in [5.74, 6) is 1.88. The zero-order valence-electron chi connectivity index (χ0n) is 23.3. The number of aromatic nitrogens is 3. The third kappa shape index (κ3) is 5.62. The van der Waals surface area contributed by atoms with Gasteiger partial charge >= 0.3 is 0 Å². The van der Waals surface area contributed by atoms with Crippen molar-refractivity contribution >= 4 is 22.5 Å². The van der Waals surface area contributed by atoms with Crippen LogP contribution in [-0.4, -0.2) is 41.5 Å². The molecule has 0 saturated heterocycles. The first-order chi connectivity index (χ1) is 19.8. The highest BCUT2D eigenvalue weighted by molar-refractivity contribution is 6.04. The van der Waals surface area contributed by atoms with Crippen molar-refractivity contribution in [3.63, 3.8) is 0 Å². The lowest BCUT2D eigenvalue weighted by Gasteiger charge is -2.14. The monoisotopic (exact) mass is 556 g/mol. The molecule has 1 amide bonds. The van der Waals surface area contributed by atoms with Gasteiger partial charge in [0.2, 0.25) is 0 Å². The lowest BCUT2D eigenvalue weighted by atomic mass is 10.1. The summed E-state index contributed by atoms with van der Waals surface area (Å²) in [6.07, 6.45) is 3.28. The fraction of sp³-hybridized carbons (Fsp3) is 0.194. The smallest absolute Gasteiger partial charge is 0.280 e. The minimum atomic E-state index is -0.443. The van der Waals surface area contributed by atoms with Gasteiger partial charge in [-0.1, -0.05) is 0 Å². The summed E-state index contributed by atoms with van der Waals surface area (Å²) in [6.45, 7) is 5.83. The zero-order valence-corrected chi connectivity index (χ0v) is 23.3. The number of benzene rings is 3. The van der Waals surface area contributed by atoms with E-state index in [0.717, 1.165) is 10.9 Å². The molecule has 0 aliphatic carbocycles. The highest BCUT2D eigenvalue weighted by Gasteiger charge is 2.20. The summed E-state index contributed by atoms with van der Waals surface area (Å²) in [6, 6.07) is 15.1. The van der Waals surface area contributed by atoms with Gasteiger partial charge in [0.25, 0.3) is 5.91 Å². The second-order valence-corrected chi connectivity index (χ2v) is 9.22. The quantitative estimate of drug-likeness (QED) is 0.217. The molecule has 3 aromatic carbocycles. The van der Waals surface area contributed by atoms with Gasteiger partial charge in [0.15, 0.2) is 22.9 Å². The van der Waals surface area contributed by atoms with Crippen molar-refractivity contribution in [2.45, 2.75) is 20.8 Å². The zero-order chi connectivity index (χ0) is 29.1. The van der Waals surface area contributed by atoms with Crippen LogP contribution < -0.4 is 24.3 Å². The Labute approximate surface area is 236 Å². The van der Waals surface area contributed by atoms with Crippen molar-refractivity contribution in [2.24, 2.45) is 0 Å². The molecule has 9 nitrogen and oxygen atoms in total. The second kappa shape index (κ2) is 11.5. The summed E-state index contributed by atoms with van der Waals surface area (Å²) >= 11 is 0. The number of fused-ring (bicyclic) bond motifs is 1. The van der Waals surface area contributed by atoms with E-state index in [4.69, 9.17) is 18.9 Å². The molecule has 5 aromatic rings. The molecule has 10 heteroatoms. The van der Waals surface area contributed by atoms with Crippen LogP contribution in [0.15, 0.2) is 67.0 Å². The average Bonchev–Trinajstić information content (AvgIpc) is 3.37. The van der Waals surface area contributed by atoms with Crippen LogP contribution in [0.5, 0.6) is 28.7 Å². The largest absolute Gasteiger partial charge is 0.493 e. The Hall–Kier alpha value is -5.12. The van der Waals surface area contributed by atoms with E-state index in [1.54, 1.807) is 63.9 Å². The van der Waals surface area contributed by atoms with Crippen LogP contribution in [0.3, 0.4) is 0 Å². The number of anilines is 1. The molecule has 2 heterocycles. The molecule has 2 aromatic heterocycles. The van der Waals surface area contributed by atoms with E-state index in [2.05, 4.69) is 15.4 Å². The van der Waals surface area contributed by atoms with E-state index >= 15 is 0 Å². The number of halogens is 1. The lowest BCUT2D eigenvalue weighted by molar-refractivity contribution is 0.101. The molecule has 0 aliphatic heterocycles. The molecular weight excluding hydrogens is 527 g/mol. The van der Waals surface area contributed by atoms with Crippen LogP contribution in [0.25, 0.3) is 16.6 Å². The standard InChI is InChI=1S/C31H29FN4O5/c1-6-40-29-17-36(24-9-7-20(32)13-18(24)2)35-30(29)31(37)34-21-8-10-25(19(3)14-21)41-26-11-12-33-23-16-28(39-5)27(38-4)15-22(23)26/h7-17H,6H2,1-5H3,(H,34,37). The molecule has 0 spiro atoms.